The van der Waals surface area contributed by atoms with Crippen LogP contribution in [-0.2, 0) is 10.1 Å². The quantitative estimate of drug-likeness (QED) is 0.494. The molecule has 0 amide bonds. The molecular weight excluding hydrogens is 357 g/mol. The van der Waals surface area contributed by atoms with E-state index < -0.39 is 32.5 Å². The van der Waals surface area contributed by atoms with Gasteiger partial charge >= 0.3 is 101 Å². The Hall–Kier alpha value is 0.550. The minimum atomic E-state index is -4.79. The van der Waals surface area contributed by atoms with Gasteiger partial charge in [-0.05, 0) is 17.5 Å². The van der Waals surface area contributed by atoms with E-state index in [2.05, 4.69) is 0 Å². The second kappa shape index (κ2) is 9.88. The molecule has 23 heavy (non-hydrogen) atoms. The summed E-state index contributed by atoms with van der Waals surface area (Å²) in [6.45, 7) is 0. The van der Waals surface area contributed by atoms with Gasteiger partial charge in [0.2, 0.25) is 0 Å². The number of hydrogen-bond acceptors (Lipinski definition) is 4. The van der Waals surface area contributed by atoms with Gasteiger partial charge in [0.15, 0.2) is 0 Å². The second-order valence-corrected chi connectivity index (χ2v) is 5.32. The molecule has 2 aromatic carbocycles. The van der Waals surface area contributed by atoms with Gasteiger partial charge in [-0.25, -0.2) is 9.59 Å². The Morgan fingerprint density at radius 3 is 1.87 bits per heavy atom. The van der Waals surface area contributed by atoms with Crippen LogP contribution in [0.15, 0.2) is 35.2 Å². The fourth-order valence-corrected chi connectivity index (χ4v) is 2.65. The molecule has 0 saturated carbocycles. The molecule has 0 saturated heterocycles. The third-order valence-electron chi connectivity index (χ3n) is 2.73. The standard InChI is InChI=1S/C12H8O7S.3Na.3H/c13-11(14)7-3-1-2-6-4-5-8(20(17,18)19)10(9(6)7)12(15)16;;;;;;/h1-5H,(H,13,14)(H,15,16)(H,17,18,19);;;;;;. The summed E-state index contributed by atoms with van der Waals surface area (Å²) >= 11 is 0. The zero-order chi connectivity index (χ0) is 15.1. The van der Waals surface area contributed by atoms with Gasteiger partial charge in [0.1, 0.15) is 4.90 Å². The van der Waals surface area contributed by atoms with E-state index in [0.717, 1.165) is 12.1 Å². The van der Waals surface area contributed by atoms with Crippen LogP contribution in [0.2, 0.25) is 0 Å². The summed E-state index contributed by atoms with van der Waals surface area (Å²) in [6, 6.07) is 6.17. The van der Waals surface area contributed by atoms with Crippen molar-refractivity contribution in [1.82, 2.24) is 0 Å². The summed E-state index contributed by atoms with van der Waals surface area (Å²) in [5, 5.41) is 18.2. The van der Waals surface area contributed by atoms with E-state index in [1.807, 2.05) is 0 Å². The summed E-state index contributed by atoms with van der Waals surface area (Å²) < 4.78 is 31.5. The van der Waals surface area contributed by atoms with Crippen molar-refractivity contribution in [2.24, 2.45) is 0 Å². The molecule has 0 heterocycles. The molecule has 0 aliphatic heterocycles. The second-order valence-electron chi connectivity index (χ2n) is 3.93. The predicted octanol–water partition coefficient (Wildman–Crippen LogP) is -0.463. The van der Waals surface area contributed by atoms with Crippen molar-refractivity contribution in [2.75, 3.05) is 0 Å². The molecule has 0 spiro atoms. The molecule has 3 N–H and O–H groups in total. The van der Waals surface area contributed by atoms with Crippen LogP contribution >= 0.6 is 0 Å². The molecular formula is C12H11Na3O7S. The number of carbonyl (C=O) groups is 2. The first kappa shape index (κ1) is 25.8. The SMILES string of the molecule is O=C(O)c1cccc2ccc(S(=O)(=O)O)c(C(=O)O)c12.[NaH].[NaH].[NaH]. The average Bonchev–Trinajstić information content (AvgIpc) is 2.34. The van der Waals surface area contributed by atoms with Gasteiger partial charge in [0.05, 0.1) is 11.1 Å². The van der Waals surface area contributed by atoms with Crippen LogP contribution in [0.3, 0.4) is 0 Å². The van der Waals surface area contributed by atoms with Crippen LogP contribution in [0.1, 0.15) is 20.7 Å². The topological polar surface area (TPSA) is 129 Å². The predicted molar refractivity (Wildman–Crippen MR) is 89.1 cm³/mol. The third kappa shape index (κ3) is 5.52. The Balaban J connectivity index is 0. The van der Waals surface area contributed by atoms with Gasteiger partial charge in [0.25, 0.3) is 10.1 Å². The average molecular weight is 368 g/mol. The molecule has 0 aliphatic rings. The maximum absolute atomic E-state index is 11.3. The zero-order valence-corrected chi connectivity index (χ0v) is 10.6. The molecule has 11 heteroatoms. The molecule has 0 radical (unpaired) electrons. The third-order valence-corrected chi connectivity index (χ3v) is 3.63. The molecule has 0 aliphatic carbocycles. The number of fused-ring (bicyclic) bond motifs is 1. The number of carboxylic acids is 2. The van der Waals surface area contributed by atoms with Crippen LogP contribution in [0.5, 0.6) is 0 Å². The summed E-state index contributed by atoms with van der Waals surface area (Å²) in [4.78, 5) is 21.6. The van der Waals surface area contributed by atoms with Crippen molar-refractivity contribution in [3.8, 4) is 0 Å². The van der Waals surface area contributed by atoms with Crippen molar-refractivity contribution < 1.29 is 32.8 Å². The van der Waals surface area contributed by atoms with Gasteiger partial charge in [0, 0.05) is 5.39 Å². The molecule has 0 bridgehead atoms. The van der Waals surface area contributed by atoms with E-state index in [1.165, 1.54) is 18.2 Å². The van der Waals surface area contributed by atoms with Gasteiger partial charge in [-0.15, -0.1) is 0 Å². The fraction of sp³-hybridized carbons (Fsp3) is 0. The van der Waals surface area contributed by atoms with Crippen LogP contribution in [-0.4, -0.2) is 124 Å². The maximum atomic E-state index is 11.3. The minimum absolute atomic E-state index is 0. The van der Waals surface area contributed by atoms with E-state index in [1.54, 1.807) is 0 Å². The molecule has 0 unspecified atom stereocenters. The molecule has 2 rings (SSSR count). The molecule has 0 aromatic heterocycles. The first-order valence-corrected chi connectivity index (χ1v) is 6.67. The molecule has 2 aromatic rings. The fourth-order valence-electron chi connectivity index (χ4n) is 1.97. The first-order chi connectivity index (χ1) is 9.23. The summed E-state index contributed by atoms with van der Waals surface area (Å²) in [5.41, 5.74) is -1.12. The van der Waals surface area contributed by atoms with Crippen molar-refractivity contribution >= 4 is 122 Å². The Labute approximate surface area is 198 Å². The van der Waals surface area contributed by atoms with Crippen molar-refractivity contribution in [3.05, 3.63) is 41.5 Å². The van der Waals surface area contributed by atoms with Crippen LogP contribution in [0.4, 0.5) is 0 Å². The van der Waals surface area contributed by atoms with Crippen LogP contribution in [0, 0.1) is 0 Å². The summed E-state index contributed by atoms with van der Waals surface area (Å²) in [5.74, 6) is -3.04. The van der Waals surface area contributed by atoms with E-state index in [9.17, 15) is 18.0 Å². The zero-order valence-electron chi connectivity index (χ0n) is 9.77. The summed E-state index contributed by atoms with van der Waals surface area (Å²) in [7, 11) is -4.79. The number of rotatable bonds is 3. The van der Waals surface area contributed by atoms with E-state index >= 15 is 0 Å². The van der Waals surface area contributed by atoms with E-state index in [0.29, 0.717) is 0 Å². The van der Waals surface area contributed by atoms with E-state index in [4.69, 9.17) is 14.8 Å². The molecule has 0 atom stereocenters. The van der Waals surface area contributed by atoms with Crippen molar-refractivity contribution in [1.29, 1.82) is 0 Å². The number of hydrogen-bond donors (Lipinski definition) is 3. The van der Waals surface area contributed by atoms with E-state index in [-0.39, 0.29) is 105 Å². The van der Waals surface area contributed by atoms with Crippen molar-refractivity contribution in [3.63, 3.8) is 0 Å². The van der Waals surface area contributed by atoms with Crippen LogP contribution < -0.4 is 0 Å². The Kier molecular flexibility index (Phi) is 11.1. The monoisotopic (exact) mass is 368 g/mol. The Morgan fingerprint density at radius 2 is 1.43 bits per heavy atom. The summed E-state index contributed by atoms with van der Waals surface area (Å²) in [6.07, 6.45) is 0. The van der Waals surface area contributed by atoms with Gasteiger partial charge in [-0.3, -0.25) is 4.55 Å². The molecule has 110 valence electrons. The normalized spacial score (nSPS) is 9.96. The van der Waals surface area contributed by atoms with Gasteiger partial charge < -0.3 is 10.2 Å². The first-order valence-electron chi connectivity index (χ1n) is 5.23. The molecule has 7 nitrogen and oxygen atoms in total. The van der Waals surface area contributed by atoms with Crippen LogP contribution in [0.25, 0.3) is 10.8 Å². The Morgan fingerprint density at radius 1 is 0.870 bits per heavy atom. The number of benzene rings is 2. The van der Waals surface area contributed by atoms with Gasteiger partial charge in [-0.2, -0.15) is 8.42 Å². The Bertz CT molecular complexity index is 849. The number of carboxylic acid groups (broad SMARTS) is 2. The molecule has 0 fully saturated rings. The van der Waals surface area contributed by atoms with Crippen molar-refractivity contribution in [2.45, 2.75) is 4.90 Å². The number of aromatic carboxylic acids is 2. The van der Waals surface area contributed by atoms with Gasteiger partial charge in [-0.1, -0.05) is 18.2 Å².